The van der Waals surface area contributed by atoms with E-state index in [1.807, 2.05) is 6.92 Å². The van der Waals surface area contributed by atoms with Gasteiger partial charge in [0.2, 0.25) is 0 Å². The van der Waals surface area contributed by atoms with Gasteiger partial charge in [0, 0.05) is 18.5 Å². The van der Waals surface area contributed by atoms with Crippen molar-refractivity contribution < 1.29 is 0 Å². The van der Waals surface area contributed by atoms with E-state index in [0.717, 1.165) is 12.0 Å². The molecule has 2 heteroatoms. The van der Waals surface area contributed by atoms with E-state index >= 15 is 0 Å². The maximum absolute atomic E-state index is 5.73. The smallest absolute Gasteiger partial charge is 0.0272 e. The molecule has 11 heavy (non-hydrogen) atoms. The van der Waals surface area contributed by atoms with Crippen molar-refractivity contribution in [1.29, 1.82) is 0 Å². The molecule has 0 fully saturated rings. The third-order valence-electron chi connectivity index (χ3n) is 1.49. The largest absolute Gasteiger partial charge is 0.324 e. The molecule has 2 N–H and O–H groups in total. The van der Waals surface area contributed by atoms with Gasteiger partial charge < -0.3 is 5.73 Å². The average Bonchev–Trinajstić information content (AvgIpc) is 2.03. The summed E-state index contributed by atoms with van der Waals surface area (Å²) < 4.78 is 0. The highest BCUT2D eigenvalue weighted by Gasteiger charge is 1.98. The van der Waals surface area contributed by atoms with Crippen LogP contribution >= 0.6 is 0 Å². The fourth-order valence-electron chi connectivity index (χ4n) is 0.639. The summed E-state index contributed by atoms with van der Waals surface area (Å²) in [7, 11) is 0. The molecule has 0 heterocycles. The van der Waals surface area contributed by atoms with Crippen LogP contribution < -0.4 is 5.73 Å². The standard InChI is InChI=1S/C9H16N2/c1-4-6-11-7-8(3)9(10)5-2/h4,6-7,9H,1,5,10H2,2-3H3/b8-7+,11-6-. The lowest BCUT2D eigenvalue weighted by Gasteiger charge is -2.06. The quantitative estimate of drug-likeness (QED) is 0.614. The van der Waals surface area contributed by atoms with Crippen LogP contribution in [-0.4, -0.2) is 12.3 Å². The molecular weight excluding hydrogens is 136 g/mol. The highest BCUT2D eigenvalue weighted by atomic mass is 14.7. The monoisotopic (exact) mass is 152 g/mol. The average molecular weight is 152 g/mol. The molecule has 62 valence electrons. The third kappa shape index (κ3) is 4.51. The number of nitrogens with two attached hydrogens (primary N) is 1. The van der Waals surface area contributed by atoms with Gasteiger partial charge in [-0.15, -0.1) is 0 Å². The molecule has 0 saturated carbocycles. The van der Waals surface area contributed by atoms with Crippen LogP contribution in [0.1, 0.15) is 20.3 Å². The minimum absolute atomic E-state index is 0.136. The molecule has 0 aliphatic carbocycles. The Balaban J connectivity index is 3.98. The van der Waals surface area contributed by atoms with Gasteiger partial charge in [0.05, 0.1) is 0 Å². The van der Waals surface area contributed by atoms with Crippen LogP contribution in [0, 0.1) is 0 Å². The zero-order chi connectivity index (χ0) is 8.69. The minimum atomic E-state index is 0.136. The first-order valence-electron chi connectivity index (χ1n) is 3.78. The number of nitrogens with zero attached hydrogens (tertiary/aromatic N) is 1. The van der Waals surface area contributed by atoms with E-state index in [9.17, 15) is 0 Å². The molecule has 0 aromatic carbocycles. The molecule has 0 aromatic rings. The number of allylic oxidation sites excluding steroid dienone is 1. The lowest BCUT2D eigenvalue weighted by molar-refractivity contribution is 0.737. The Morgan fingerprint density at radius 3 is 2.82 bits per heavy atom. The SMILES string of the molecule is C=C/C=N\C=C(/C)C(N)CC. The summed E-state index contributed by atoms with van der Waals surface area (Å²) in [5.41, 5.74) is 6.83. The first-order valence-corrected chi connectivity index (χ1v) is 3.78. The molecule has 1 atom stereocenters. The highest BCUT2D eigenvalue weighted by Crippen LogP contribution is 2.01. The van der Waals surface area contributed by atoms with Crippen molar-refractivity contribution in [3.05, 3.63) is 24.4 Å². The van der Waals surface area contributed by atoms with E-state index in [1.54, 1.807) is 18.5 Å². The van der Waals surface area contributed by atoms with E-state index in [-0.39, 0.29) is 6.04 Å². The van der Waals surface area contributed by atoms with Crippen LogP contribution in [0.5, 0.6) is 0 Å². The van der Waals surface area contributed by atoms with E-state index in [2.05, 4.69) is 18.5 Å². The summed E-state index contributed by atoms with van der Waals surface area (Å²) in [6, 6.07) is 0.136. The normalized spacial score (nSPS) is 15.4. The van der Waals surface area contributed by atoms with Crippen LogP contribution in [0.3, 0.4) is 0 Å². The van der Waals surface area contributed by atoms with E-state index in [4.69, 9.17) is 5.73 Å². The lowest BCUT2D eigenvalue weighted by atomic mass is 10.1. The molecule has 0 rings (SSSR count). The highest BCUT2D eigenvalue weighted by molar-refractivity contribution is 5.70. The molecule has 0 radical (unpaired) electrons. The molecule has 0 bridgehead atoms. The summed E-state index contributed by atoms with van der Waals surface area (Å²) in [5, 5.41) is 0. The van der Waals surface area contributed by atoms with Gasteiger partial charge in [-0.1, -0.05) is 19.6 Å². The summed E-state index contributed by atoms with van der Waals surface area (Å²) in [6.07, 6.45) is 6.01. The Kier molecular flexibility index (Phi) is 5.39. The van der Waals surface area contributed by atoms with Gasteiger partial charge >= 0.3 is 0 Å². The first-order chi connectivity index (χ1) is 5.22. The predicted octanol–water partition coefficient (Wildman–Crippen LogP) is 1.88. The summed E-state index contributed by atoms with van der Waals surface area (Å²) >= 11 is 0. The number of rotatable bonds is 4. The minimum Gasteiger partial charge on any atom is -0.324 e. The van der Waals surface area contributed by atoms with Gasteiger partial charge in [-0.3, -0.25) is 4.99 Å². The van der Waals surface area contributed by atoms with Crippen molar-refractivity contribution in [1.82, 2.24) is 0 Å². The van der Waals surface area contributed by atoms with Crippen LogP contribution in [0.25, 0.3) is 0 Å². The molecule has 0 aromatic heterocycles. The Morgan fingerprint density at radius 2 is 2.36 bits per heavy atom. The van der Waals surface area contributed by atoms with Crippen molar-refractivity contribution in [3.8, 4) is 0 Å². The van der Waals surface area contributed by atoms with Gasteiger partial charge in [-0.25, -0.2) is 0 Å². The second kappa shape index (κ2) is 5.86. The van der Waals surface area contributed by atoms with Crippen LogP contribution in [0.15, 0.2) is 29.4 Å². The van der Waals surface area contributed by atoms with Gasteiger partial charge in [0.15, 0.2) is 0 Å². The second-order valence-electron chi connectivity index (χ2n) is 2.42. The van der Waals surface area contributed by atoms with Crippen LogP contribution in [0.4, 0.5) is 0 Å². The maximum Gasteiger partial charge on any atom is 0.0272 e. The van der Waals surface area contributed by atoms with Crippen LogP contribution in [0.2, 0.25) is 0 Å². The number of aliphatic imine (C=N–C) groups is 1. The van der Waals surface area contributed by atoms with E-state index in [0.29, 0.717) is 0 Å². The molecular formula is C9H16N2. The van der Waals surface area contributed by atoms with Gasteiger partial charge in [-0.2, -0.15) is 0 Å². The van der Waals surface area contributed by atoms with Gasteiger partial charge in [-0.05, 0) is 18.9 Å². The molecule has 0 aliphatic heterocycles. The van der Waals surface area contributed by atoms with Gasteiger partial charge in [0.1, 0.15) is 0 Å². The zero-order valence-corrected chi connectivity index (χ0v) is 7.25. The topological polar surface area (TPSA) is 38.4 Å². The summed E-state index contributed by atoms with van der Waals surface area (Å²) in [4.78, 5) is 3.97. The molecule has 1 unspecified atom stereocenters. The van der Waals surface area contributed by atoms with Crippen LogP contribution in [-0.2, 0) is 0 Å². The lowest BCUT2D eigenvalue weighted by Crippen LogP contribution is -2.19. The molecule has 0 spiro atoms. The fourth-order valence-corrected chi connectivity index (χ4v) is 0.639. The van der Waals surface area contributed by atoms with E-state index in [1.165, 1.54) is 0 Å². The zero-order valence-electron chi connectivity index (χ0n) is 7.25. The Morgan fingerprint density at radius 1 is 1.73 bits per heavy atom. The number of hydrogen-bond acceptors (Lipinski definition) is 2. The molecule has 2 nitrogen and oxygen atoms in total. The van der Waals surface area contributed by atoms with E-state index < -0.39 is 0 Å². The fraction of sp³-hybridized carbons (Fsp3) is 0.444. The first kappa shape index (κ1) is 10.1. The summed E-state index contributed by atoms with van der Waals surface area (Å²) in [6.45, 7) is 7.55. The van der Waals surface area contributed by atoms with Gasteiger partial charge in [0.25, 0.3) is 0 Å². The Labute approximate surface area is 68.5 Å². The van der Waals surface area contributed by atoms with Crippen molar-refractivity contribution in [2.75, 3.05) is 0 Å². The van der Waals surface area contributed by atoms with Crippen molar-refractivity contribution in [2.24, 2.45) is 10.7 Å². The third-order valence-corrected chi connectivity index (χ3v) is 1.49. The van der Waals surface area contributed by atoms with Crippen molar-refractivity contribution in [3.63, 3.8) is 0 Å². The van der Waals surface area contributed by atoms with Crippen molar-refractivity contribution in [2.45, 2.75) is 26.3 Å². The summed E-state index contributed by atoms with van der Waals surface area (Å²) in [5.74, 6) is 0. The Hall–Kier alpha value is -0.890. The molecule has 0 saturated heterocycles. The molecule has 0 aliphatic rings. The molecule has 0 amide bonds. The number of hydrogen-bond donors (Lipinski definition) is 1. The predicted molar refractivity (Wildman–Crippen MR) is 50.7 cm³/mol. The second-order valence-corrected chi connectivity index (χ2v) is 2.42. The van der Waals surface area contributed by atoms with Crippen molar-refractivity contribution >= 4 is 6.21 Å². The maximum atomic E-state index is 5.73. The Bertz CT molecular complexity index is 168.